The molecule has 0 saturated heterocycles. The fourth-order valence-electron chi connectivity index (χ4n) is 5.13. The lowest BCUT2D eigenvalue weighted by Gasteiger charge is -2.18. The molecule has 0 aliphatic rings. The van der Waals surface area contributed by atoms with Crippen LogP contribution in [-0.2, 0) is 4.79 Å². The SMILES string of the molecule is CCOc1cc(C)c(-c2nc3ccccc3c(=O)n2N=Cc2cc(Br)c(OCC(=O)Nc3ccc(Cl)cc3)c(OCC)c2)cc1C(C)C. The Balaban J connectivity index is 1.52. The van der Waals surface area contributed by atoms with Gasteiger partial charge in [-0.25, -0.2) is 4.98 Å². The van der Waals surface area contributed by atoms with Crippen molar-refractivity contribution in [2.45, 2.75) is 40.5 Å². The number of hydrogen-bond donors (Lipinski definition) is 1. The van der Waals surface area contributed by atoms with E-state index in [0.29, 0.717) is 62.2 Å². The van der Waals surface area contributed by atoms with Crippen molar-refractivity contribution in [1.82, 2.24) is 9.66 Å². The topological polar surface area (TPSA) is 104 Å². The second-order valence-corrected chi connectivity index (χ2v) is 12.5. The van der Waals surface area contributed by atoms with Gasteiger partial charge in [0.1, 0.15) is 5.75 Å². The van der Waals surface area contributed by atoms with E-state index in [9.17, 15) is 9.59 Å². The van der Waals surface area contributed by atoms with Crippen LogP contribution in [-0.4, -0.2) is 41.6 Å². The average Bonchev–Trinajstić information content (AvgIpc) is 3.05. The molecule has 0 aliphatic heterocycles. The monoisotopic (exact) mass is 730 g/mol. The lowest BCUT2D eigenvalue weighted by molar-refractivity contribution is -0.118. The van der Waals surface area contributed by atoms with Crippen LogP contribution in [0.5, 0.6) is 17.2 Å². The second-order valence-electron chi connectivity index (χ2n) is 11.2. The van der Waals surface area contributed by atoms with Crippen LogP contribution in [0.2, 0.25) is 5.02 Å². The van der Waals surface area contributed by atoms with Crippen molar-refractivity contribution in [3.05, 3.63) is 109 Å². The number of aromatic nitrogens is 2. The number of benzene rings is 4. The standard InChI is InChI=1S/C37H36BrClN4O5/c1-6-46-32-16-23(5)29(19-28(32)22(3)4)36-42-31-11-9-8-10-27(31)37(45)43(36)40-20-24-17-30(38)35(33(18-24)47-7-2)48-21-34(44)41-26-14-12-25(39)13-15-26/h8-20,22H,6-7,21H2,1-5H3,(H,41,44). The fraction of sp³-hybridized carbons (Fsp3) is 0.243. The van der Waals surface area contributed by atoms with E-state index >= 15 is 0 Å². The van der Waals surface area contributed by atoms with Crippen LogP contribution in [0.1, 0.15) is 50.3 Å². The molecule has 9 nitrogen and oxygen atoms in total. The fourth-order valence-corrected chi connectivity index (χ4v) is 5.83. The number of amides is 1. The van der Waals surface area contributed by atoms with Crippen LogP contribution in [0.15, 0.2) is 87.2 Å². The summed E-state index contributed by atoms with van der Waals surface area (Å²) >= 11 is 9.50. The molecule has 0 spiro atoms. The van der Waals surface area contributed by atoms with Crippen LogP contribution in [0.3, 0.4) is 0 Å². The normalized spacial score (nSPS) is 11.3. The third kappa shape index (κ3) is 7.89. The van der Waals surface area contributed by atoms with Gasteiger partial charge >= 0.3 is 0 Å². The summed E-state index contributed by atoms with van der Waals surface area (Å²) in [4.78, 5) is 31.4. The predicted octanol–water partition coefficient (Wildman–Crippen LogP) is 8.61. The molecule has 0 fully saturated rings. The summed E-state index contributed by atoms with van der Waals surface area (Å²) in [6.45, 7) is 10.6. The molecule has 48 heavy (non-hydrogen) atoms. The Bertz CT molecular complexity index is 2040. The number of para-hydroxylation sites is 1. The highest BCUT2D eigenvalue weighted by Crippen LogP contribution is 2.37. The summed E-state index contributed by atoms with van der Waals surface area (Å²) in [5.41, 5.74) is 4.19. The summed E-state index contributed by atoms with van der Waals surface area (Å²) in [6.07, 6.45) is 1.57. The minimum absolute atomic E-state index is 0.175. The lowest BCUT2D eigenvalue weighted by Crippen LogP contribution is -2.21. The van der Waals surface area contributed by atoms with E-state index < -0.39 is 0 Å². The summed E-state index contributed by atoms with van der Waals surface area (Å²) in [5.74, 6) is 1.81. The van der Waals surface area contributed by atoms with Gasteiger partial charge in [-0.3, -0.25) is 9.59 Å². The molecule has 5 rings (SSSR count). The second kappa shape index (κ2) is 15.5. The van der Waals surface area contributed by atoms with Gasteiger partial charge in [0, 0.05) is 16.3 Å². The van der Waals surface area contributed by atoms with Gasteiger partial charge in [-0.05, 0) is 120 Å². The maximum atomic E-state index is 13.9. The van der Waals surface area contributed by atoms with E-state index in [1.165, 1.54) is 4.68 Å². The molecule has 4 aromatic carbocycles. The number of anilines is 1. The molecular weight excluding hydrogens is 696 g/mol. The van der Waals surface area contributed by atoms with Gasteiger partial charge < -0.3 is 19.5 Å². The highest BCUT2D eigenvalue weighted by Gasteiger charge is 2.19. The van der Waals surface area contributed by atoms with Gasteiger partial charge in [0.2, 0.25) is 0 Å². The van der Waals surface area contributed by atoms with Crippen LogP contribution >= 0.6 is 27.5 Å². The average molecular weight is 732 g/mol. The van der Waals surface area contributed by atoms with Crippen molar-refractivity contribution in [2.24, 2.45) is 5.10 Å². The highest BCUT2D eigenvalue weighted by molar-refractivity contribution is 9.10. The largest absolute Gasteiger partial charge is 0.494 e. The first kappa shape index (κ1) is 34.7. The van der Waals surface area contributed by atoms with E-state index in [4.69, 9.17) is 30.8 Å². The van der Waals surface area contributed by atoms with Gasteiger partial charge in [-0.1, -0.05) is 37.6 Å². The van der Waals surface area contributed by atoms with Gasteiger partial charge in [-0.15, -0.1) is 0 Å². The molecule has 1 amide bonds. The Morgan fingerprint density at radius 3 is 2.42 bits per heavy atom. The molecule has 0 atom stereocenters. The first-order valence-corrected chi connectivity index (χ1v) is 16.7. The maximum Gasteiger partial charge on any atom is 0.282 e. The van der Waals surface area contributed by atoms with Crippen LogP contribution < -0.4 is 25.1 Å². The molecule has 5 aromatic rings. The zero-order chi connectivity index (χ0) is 34.4. The molecule has 0 unspecified atom stereocenters. The van der Waals surface area contributed by atoms with Gasteiger partial charge in [-0.2, -0.15) is 9.78 Å². The minimum atomic E-state index is -0.349. The van der Waals surface area contributed by atoms with E-state index in [1.54, 1.807) is 54.7 Å². The molecule has 0 radical (unpaired) electrons. The summed E-state index contributed by atoms with van der Waals surface area (Å²) in [7, 11) is 0. The maximum absolute atomic E-state index is 13.9. The van der Waals surface area contributed by atoms with Crippen LogP contribution in [0, 0.1) is 6.92 Å². The zero-order valence-corrected chi connectivity index (χ0v) is 29.7. The van der Waals surface area contributed by atoms with E-state index in [0.717, 1.165) is 22.4 Å². The Morgan fingerprint density at radius 1 is 1.00 bits per heavy atom. The lowest BCUT2D eigenvalue weighted by atomic mass is 9.96. The minimum Gasteiger partial charge on any atom is -0.494 e. The number of hydrogen-bond acceptors (Lipinski definition) is 7. The molecule has 0 bridgehead atoms. The molecule has 0 aliphatic carbocycles. The first-order valence-electron chi connectivity index (χ1n) is 15.6. The zero-order valence-electron chi connectivity index (χ0n) is 27.3. The Kier molecular flexibility index (Phi) is 11.2. The van der Waals surface area contributed by atoms with Crippen LogP contribution in [0.25, 0.3) is 22.3 Å². The number of carbonyl (C=O) groups is 1. The number of nitrogens with one attached hydrogen (secondary N) is 1. The Labute approximate surface area is 292 Å². The number of halogens is 2. The van der Waals surface area contributed by atoms with Crippen molar-refractivity contribution in [3.8, 4) is 28.6 Å². The van der Waals surface area contributed by atoms with Crippen molar-refractivity contribution in [2.75, 3.05) is 25.1 Å². The van der Waals surface area contributed by atoms with E-state index in [1.807, 2.05) is 45.0 Å². The number of aryl methyl sites for hydroxylation is 1. The van der Waals surface area contributed by atoms with Crippen molar-refractivity contribution >= 4 is 56.2 Å². The molecular formula is C37H36BrClN4O5. The van der Waals surface area contributed by atoms with Crippen molar-refractivity contribution < 1.29 is 19.0 Å². The quantitative estimate of drug-likeness (QED) is 0.129. The molecule has 0 saturated carbocycles. The summed E-state index contributed by atoms with van der Waals surface area (Å²) in [5, 5.41) is 8.46. The van der Waals surface area contributed by atoms with Crippen LogP contribution in [0.4, 0.5) is 5.69 Å². The summed E-state index contributed by atoms with van der Waals surface area (Å²) in [6, 6.07) is 21.5. The number of carbonyl (C=O) groups excluding carboxylic acids is 1. The van der Waals surface area contributed by atoms with Gasteiger partial charge in [0.25, 0.3) is 11.5 Å². The number of fused-ring (bicyclic) bond motifs is 1. The third-order valence-corrected chi connectivity index (χ3v) is 8.24. The van der Waals surface area contributed by atoms with Crippen molar-refractivity contribution in [3.63, 3.8) is 0 Å². The molecule has 11 heteroatoms. The van der Waals surface area contributed by atoms with E-state index in [-0.39, 0.29) is 24.0 Å². The van der Waals surface area contributed by atoms with Crippen molar-refractivity contribution in [1.29, 1.82) is 0 Å². The molecule has 1 heterocycles. The van der Waals surface area contributed by atoms with Gasteiger partial charge in [0.15, 0.2) is 23.9 Å². The highest BCUT2D eigenvalue weighted by atomic mass is 79.9. The molecule has 1 aromatic heterocycles. The Morgan fingerprint density at radius 2 is 1.71 bits per heavy atom. The smallest absolute Gasteiger partial charge is 0.282 e. The molecule has 248 valence electrons. The number of rotatable bonds is 12. The Hall–Kier alpha value is -4.67. The number of ether oxygens (including phenoxy) is 3. The number of nitrogens with zero attached hydrogens (tertiary/aromatic N) is 3. The summed E-state index contributed by atoms with van der Waals surface area (Å²) < 4.78 is 19.6. The van der Waals surface area contributed by atoms with Gasteiger partial charge in [0.05, 0.1) is 34.8 Å². The third-order valence-electron chi connectivity index (χ3n) is 7.40. The van der Waals surface area contributed by atoms with E-state index in [2.05, 4.69) is 40.2 Å². The predicted molar refractivity (Wildman–Crippen MR) is 195 cm³/mol. The molecule has 1 N–H and O–H groups in total. The first-order chi connectivity index (χ1) is 23.1.